The molecule has 0 bridgehead atoms. The third-order valence-corrected chi connectivity index (χ3v) is 1.76. The summed E-state index contributed by atoms with van der Waals surface area (Å²) in [7, 11) is 0. The zero-order chi connectivity index (χ0) is 11.4. The molecule has 1 N–H and O–H groups in total. The lowest BCUT2D eigenvalue weighted by molar-refractivity contribution is -0.393. The lowest BCUT2D eigenvalue weighted by Crippen LogP contribution is -2.33. The largest absolute Gasteiger partial charge is 0.393 e. The van der Waals surface area contributed by atoms with Crippen LogP contribution in [0.5, 0.6) is 0 Å². The molecular weight excluding hydrogens is 180 g/mol. The molecule has 0 aromatic heterocycles. The molecule has 0 aliphatic carbocycles. The van der Waals surface area contributed by atoms with Gasteiger partial charge < -0.3 is 5.11 Å². The molecule has 0 saturated carbocycles. The molecule has 0 rings (SSSR count). The van der Waals surface area contributed by atoms with Gasteiger partial charge in [-0.15, -0.1) is 6.58 Å². The molecule has 3 heteroatoms. The van der Waals surface area contributed by atoms with E-state index in [1.807, 2.05) is 27.7 Å². The molecular formula is C11H22O3. The Morgan fingerprint density at radius 1 is 1.29 bits per heavy atom. The number of aliphatic hydroxyl groups excluding tert-OH is 1. The lowest BCUT2D eigenvalue weighted by Gasteiger charge is -2.29. The summed E-state index contributed by atoms with van der Waals surface area (Å²) < 4.78 is 0. The van der Waals surface area contributed by atoms with Crippen LogP contribution in [0.1, 0.15) is 41.0 Å². The topological polar surface area (TPSA) is 38.7 Å². The maximum atomic E-state index is 9.22. The van der Waals surface area contributed by atoms with Crippen LogP contribution in [0.15, 0.2) is 12.7 Å². The highest BCUT2D eigenvalue weighted by molar-refractivity contribution is 4.88. The van der Waals surface area contributed by atoms with E-state index in [1.54, 1.807) is 13.0 Å². The number of rotatable bonds is 6. The minimum Gasteiger partial charge on any atom is -0.393 e. The second kappa shape index (κ2) is 4.91. The van der Waals surface area contributed by atoms with Gasteiger partial charge in [0.05, 0.1) is 6.10 Å². The predicted molar refractivity (Wildman–Crippen MR) is 56.8 cm³/mol. The Hall–Kier alpha value is -0.380. The van der Waals surface area contributed by atoms with Gasteiger partial charge in [-0.05, 0) is 34.6 Å². The number of aliphatic hydroxyl groups is 1. The van der Waals surface area contributed by atoms with Gasteiger partial charge in [-0.25, -0.2) is 9.78 Å². The van der Waals surface area contributed by atoms with Gasteiger partial charge in [0.15, 0.2) is 0 Å². The molecule has 0 heterocycles. The van der Waals surface area contributed by atoms with Gasteiger partial charge in [0, 0.05) is 6.42 Å². The first-order valence-electron chi connectivity index (χ1n) is 4.87. The molecule has 0 spiro atoms. The highest BCUT2D eigenvalue weighted by Gasteiger charge is 2.26. The zero-order valence-corrected chi connectivity index (χ0v) is 9.83. The molecule has 1 atom stereocenters. The maximum Gasteiger partial charge on any atom is 0.116 e. The molecule has 84 valence electrons. The first-order valence-corrected chi connectivity index (χ1v) is 4.87. The Bertz CT molecular complexity index is 183. The summed E-state index contributed by atoms with van der Waals surface area (Å²) in [5.74, 6) is 0. The van der Waals surface area contributed by atoms with E-state index < -0.39 is 17.3 Å². The average Bonchev–Trinajstić information content (AvgIpc) is 1.99. The van der Waals surface area contributed by atoms with E-state index in [0.717, 1.165) is 0 Å². The summed E-state index contributed by atoms with van der Waals surface area (Å²) in [6.07, 6.45) is 1.80. The standard InChI is InChI=1S/C11H22O3/c1-7-10(3,4)13-14-11(5,6)8-9(2)12/h7,9,12H,1,8H2,2-6H3. The highest BCUT2D eigenvalue weighted by Crippen LogP contribution is 2.21. The quantitative estimate of drug-likeness (QED) is 0.408. The van der Waals surface area contributed by atoms with E-state index in [-0.39, 0.29) is 0 Å². The zero-order valence-electron chi connectivity index (χ0n) is 9.83. The van der Waals surface area contributed by atoms with Crippen molar-refractivity contribution in [2.24, 2.45) is 0 Å². The van der Waals surface area contributed by atoms with E-state index in [2.05, 4.69) is 6.58 Å². The third kappa shape index (κ3) is 6.13. The van der Waals surface area contributed by atoms with Crippen molar-refractivity contribution in [1.82, 2.24) is 0 Å². The van der Waals surface area contributed by atoms with Gasteiger partial charge in [0.25, 0.3) is 0 Å². The summed E-state index contributed by atoms with van der Waals surface area (Å²) in [5, 5.41) is 9.22. The SMILES string of the molecule is C=CC(C)(C)OOC(C)(C)CC(C)O. The molecule has 0 aliphatic rings. The molecule has 0 saturated heterocycles. The fourth-order valence-corrected chi connectivity index (χ4v) is 1.000. The van der Waals surface area contributed by atoms with Gasteiger partial charge in [0.2, 0.25) is 0 Å². The average molecular weight is 202 g/mol. The smallest absolute Gasteiger partial charge is 0.116 e. The van der Waals surface area contributed by atoms with E-state index in [0.29, 0.717) is 6.42 Å². The normalized spacial score (nSPS) is 15.3. The molecule has 0 aromatic rings. The number of hydrogen-bond donors (Lipinski definition) is 1. The molecule has 14 heavy (non-hydrogen) atoms. The van der Waals surface area contributed by atoms with E-state index in [9.17, 15) is 5.11 Å². The van der Waals surface area contributed by atoms with Gasteiger partial charge >= 0.3 is 0 Å². The van der Waals surface area contributed by atoms with E-state index in [1.165, 1.54) is 0 Å². The van der Waals surface area contributed by atoms with Crippen LogP contribution in [-0.2, 0) is 9.78 Å². The summed E-state index contributed by atoms with van der Waals surface area (Å²) >= 11 is 0. The summed E-state index contributed by atoms with van der Waals surface area (Å²) in [6, 6.07) is 0. The Morgan fingerprint density at radius 2 is 1.79 bits per heavy atom. The fraction of sp³-hybridized carbons (Fsp3) is 0.818. The molecule has 1 unspecified atom stereocenters. The van der Waals surface area contributed by atoms with Gasteiger partial charge in [0.1, 0.15) is 11.2 Å². The molecule has 0 aromatic carbocycles. The van der Waals surface area contributed by atoms with Crippen molar-refractivity contribution in [3.05, 3.63) is 12.7 Å². The maximum absolute atomic E-state index is 9.22. The van der Waals surface area contributed by atoms with E-state index in [4.69, 9.17) is 9.78 Å². The molecule has 0 amide bonds. The van der Waals surface area contributed by atoms with Crippen LogP contribution in [-0.4, -0.2) is 22.4 Å². The first kappa shape index (κ1) is 13.6. The van der Waals surface area contributed by atoms with Crippen molar-refractivity contribution in [1.29, 1.82) is 0 Å². The second-order valence-electron chi connectivity index (χ2n) is 4.79. The van der Waals surface area contributed by atoms with Crippen LogP contribution in [0.25, 0.3) is 0 Å². The van der Waals surface area contributed by atoms with Crippen LogP contribution in [0.4, 0.5) is 0 Å². The van der Waals surface area contributed by atoms with Gasteiger partial charge in [-0.2, -0.15) is 0 Å². The molecule has 0 aliphatic heterocycles. The van der Waals surface area contributed by atoms with Crippen molar-refractivity contribution in [3.8, 4) is 0 Å². The summed E-state index contributed by atoms with van der Waals surface area (Å²) in [4.78, 5) is 10.5. The van der Waals surface area contributed by atoms with Crippen molar-refractivity contribution in [3.63, 3.8) is 0 Å². The van der Waals surface area contributed by atoms with E-state index >= 15 is 0 Å². The van der Waals surface area contributed by atoms with Crippen LogP contribution >= 0.6 is 0 Å². The number of hydrogen-bond acceptors (Lipinski definition) is 3. The minimum absolute atomic E-state index is 0.402. The molecule has 3 nitrogen and oxygen atoms in total. The van der Waals surface area contributed by atoms with Crippen LogP contribution in [0.3, 0.4) is 0 Å². The monoisotopic (exact) mass is 202 g/mol. The minimum atomic E-state index is -0.504. The second-order valence-corrected chi connectivity index (χ2v) is 4.79. The van der Waals surface area contributed by atoms with Crippen LogP contribution < -0.4 is 0 Å². The van der Waals surface area contributed by atoms with Crippen LogP contribution in [0.2, 0.25) is 0 Å². The van der Waals surface area contributed by atoms with Crippen molar-refractivity contribution in [2.45, 2.75) is 58.3 Å². The molecule has 0 radical (unpaired) electrons. The fourth-order valence-electron chi connectivity index (χ4n) is 1.000. The van der Waals surface area contributed by atoms with Crippen LogP contribution in [0, 0.1) is 0 Å². The molecule has 0 fully saturated rings. The summed E-state index contributed by atoms with van der Waals surface area (Å²) in [5.41, 5.74) is -0.996. The van der Waals surface area contributed by atoms with Crippen molar-refractivity contribution in [2.75, 3.05) is 0 Å². The van der Waals surface area contributed by atoms with Gasteiger partial charge in [-0.1, -0.05) is 6.08 Å². The third-order valence-electron chi connectivity index (χ3n) is 1.76. The lowest BCUT2D eigenvalue weighted by atomic mass is 10.0. The van der Waals surface area contributed by atoms with Gasteiger partial charge in [-0.3, -0.25) is 0 Å². The Morgan fingerprint density at radius 3 is 2.14 bits per heavy atom. The summed E-state index contributed by atoms with van der Waals surface area (Å²) in [6.45, 7) is 12.8. The predicted octanol–water partition coefficient (Wildman–Crippen LogP) is 2.45. The highest BCUT2D eigenvalue weighted by atomic mass is 17.2. The Kier molecular flexibility index (Phi) is 4.78. The first-order chi connectivity index (χ1) is 6.18. The van der Waals surface area contributed by atoms with Crippen molar-refractivity contribution < 1.29 is 14.9 Å². The Labute approximate surface area is 86.6 Å². The van der Waals surface area contributed by atoms with Crippen molar-refractivity contribution >= 4 is 0 Å². The Balaban J connectivity index is 4.04.